The molecule has 0 aromatic heterocycles. The van der Waals surface area contributed by atoms with E-state index in [1.165, 1.54) is 0 Å². The van der Waals surface area contributed by atoms with Crippen LogP contribution in [0.15, 0.2) is 94.7 Å². The summed E-state index contributed by atoms with van der Waals surface area (Å²) in [6.07, 6.45) is 6.79. The fourth-order valence-electron chi connectivity index (χ4n) is 4.17. The van der Waals surface area contributed by atoms with Gasteiger partial charge in [-0.25, -0.2) is 0 Å². The van der Waals surface area contributed by atoms with Crippen LogP contribution in [-0.2, 0) is 28.6 Å². The summed E-state index contributed by atoms with van der Waals surface area (Å²) in [7, 11) is -7.34. The monoisotopic (exact) mass is 616 g/mol. The van der Waals surface area contributed by atoms with Crippen LogP contribution in [-0.4, -0.2) is 89.2 Å². The molecule has 0 unspecified atom stereocenters. The number of benzene rings is 4. The van der Waals surface area contributed by atoms with Crippen molar-refractivity contribution in [1.82, 2.24) is 0 Å². The Morgan fingerprint density at radius 1 is 0.488 bits per heavy atom. The maximum atomic E-state index is 12.3. The Hall–Kier alpha value is -0.780. The molecule has 212 valence electrons. The van der Waals surface area contributed by atoms with E-state index in [2.05, 4.69) is 13.8 Å². The van der Waals surface area contributed by atoms with Gasteiger partial charge >= 0.3 is 0 Å². The molecule has 0 aliphatic rings. The van der Waals surface area contributed by atoms with E-state index in [4.69, 9.17) is 8.37 Å². The maximum absolute atomic E-state index is 12.3. The minimum absolute atomic E-state index is 0. The van der Waals surface area contributed by atoms with E-state index in [1.807, 2.05) is 54.6 Å². The SMILES string of the molecule is CCCCCCOS(=O)(=O)c1cccc2ccccc12.CCCCCOS(=O)(=O)c1cccc2ccccc12.[Na].[Na]. The molecule has 2 radical (unpaired) electrons. The largest absolute Gasteiger partial charge is 0.297 e. The van der Waals surface area contributed by atoms with Gasteiger partial charge in [-0.1, -0.05) is 119 Å². The van der Waals surface area contributed by atoms with Crippen molar-refractivity contribution in [3.05, 3.63) is 84.9 Å². The van der Waals surface area contributed by atoms with Gasteiger partial charge in [0.15, 0.2) is 0 Å². The average molecular weight is 617 g/mol. The summed E-state index contributed by atoms with van der Waals surface area (Å²) in [6.45, 7) is 4.69. The van der Waals surface area contributed by atoms with Gasteiger partial charge in [0.05, 0.1) is 13.2 Å². The molecule has 0 atom stereocenters. The van der Waals surface area contributed by atoms with Crippen LogP contribution in [0, 0.1) is 0 Å². The van der Waals surface area contributed by atoms with Gasteiger partial charge in [0, 0.05) is 69.9 Å². The average Bonchev–Trinajstić information content (AvgIpc) is 2.95. The van der Waals surface area contributed by atoms with Crippen molar-refractivity contribution in [1.29, 1.82) is 0 Å². The van der Waals surface area contributed by atoms with Crippen LogP contribution in [0.4, 0.5) is 0 Å². The summed E-state index contributed by atoms with van der Waals surface area (Å²) in [5.74, 6) is 0. The Labute approximate surface area is 290 Å². The van der Waals surface area contributed by atoms with Crippen LogP contribution >= 0.6 is 0 Å². The van der Waals surface area contributed by atoms with E-state index in [1.54, 1.807) is 30.3 Å². The van der Waals surface area contributed by atoms with Crippen LogP contribution in [0.2, 0.25) is 0 Å². The summed E-state index contributed by atoms with van der Waals surface area (Å²) >= 11 is 0. The predicted molar refractivity (Wildman–Crippen MR) is 169 cm³/mol. The molecule has 0 saturated heterocycles. The predicted octanol–water partition coefficient (Wildman–Crippen LogP) is 7.10. The first-order chi connectivity index (χ1) is 18.8. The molecule has 0 aliphatic carbocycles. The van der Waals surface area contributed by atoms with Crippen LogP contribution in [0.5, 0.6) is 0 Å². The molecule has 0 aliphatic heterocycles. The van der Waals surface area contributed by atoms with Crippen molar-refractivity contribution in [2.75, 3.05) is 13.2 Å². The third-order valence-corrected chi connectivity index (χ3v) is 9.00. The van der Waals surface area contributed by atoms with Crippen molar-refractivity contribution >= 4 is 101 Å². The van der Waals surface area contributed by atoms with Gasteiger partial charge in [0.2, 0.25) is 0 Å². The zero-order valence-electron chi connectivity index (χ0n) is 24.7. The zero-order chi connectivity index (χ0) is 28.1. The first-order valence-electron chi connectivity index (χ1n) is 13.5. The summed E-state index contributed by atoms with van der Waals surface area (Å²) in [5, 5.41) is 3.23. The van der Waals surface area contributed by atoms with Crippen LogP contribution in [0.1, 0.15) is 58.8 Å². The normalized spacial score (nSPS) is 11.3. The Morgan fingerprint density at radius 2 is 0.854 bits per heavy atom. The van der Waals surface area contributed by atoms with Gasteiger partial charge in [-0.3, -0.25) is 8.37 Å². The molecule has 4 aromatic rings. The standard InChI is InChI=1S/C16H20O3S.C15H18O3S.2Na/c1-2-3-4-7-13-19-20(17,18)16-12-8-10-14-9-5-6-11-15(14)16;1-2-3-6-12-18-19(16,17)15-11-7-9-13-8-4-5-10-14(13)15;;/h5-6,8-12H,2-4,7,13H2,1H3;4-5,7-11H,2-3,6,12H2,1H3;;. The third kappa shape index (κ3) is 11.7. The molecule has 6 nitrogen and oxygen atoms in total. The van der Waals surface area contributed by atoms with Crippen LogP contribution in [0.25, 0.3) is 21.5 Å². The molecule has 0 spiro atoms. The molecule has 41 heavy (non-hydrogen) atoms. The molecule has 0 bridgehead atoms. The van der Waals surface area contributed by atoms with E-state index in [0.29, 0.717) is 10.8 Å². The third-order valence-electron chi connectivity index (χ3n) is 6.26. The maximum Gasteiger partial charge on any atom is 0.297 e. The molecule has 10 heteroatoms. The summed E-state index contributed by atoms with van der Waals surface area (Å²) in [4.78, 5) is 0.508. The van der Waals surface area contributed by atoms with Crippen LogP contribution in [0.3, 0.4) is 0 Å². The zero-order valence-corrected chi connectivity index (χ0v) is 30.3. The summed E-state index contributed by atoms with van der Waals surface area (Å²) in [5.41, 5.74) is 0. The molecular formula is C31H38Na2O6S2. The van der Waals surface area contributed by atoms with E-state index in [9.17, 15) is 16.8 Å². The number of rotatable bonds is 13. The van der Waals surface area contributed by atoms with Crippen molar-refractivity contribution in [3.63, 3.8) is 0 Å². The molecule has 0 saturated carbocycles. The van der Waals surface area contributed by atoms with Crippen molar-refractivity contribution in [2.45, 2.75) is 68.6 Å². The Balaban J connectivity index is 0.000000391. The fourth-order valence-corrected chi connectivity index (χ4v) is 6.50. The molecule has 0 fully saturated rings. The van der Waals surface area contributed by atoms with E-state index < -0.39 is 20.2 Å². The van der Waals surface area contributed by atoms with Gasteiger partial charge in [0.25, 0.3) is 20.2 Å². The van der Waals surface area contributed by atoms with Crippen molar-refractivity contribution in [2.24, 2.45) is 0 Å². The van der Waals surface area contributed by atoms with Gasteiger partial charge in [-0.2, -0.15) is 16.8 Å². The van der Waals surface area contributed by atoms with Crippen molar-refractivity contribution < 1.29 is 25.2 Å². The van der Waals surface area contributed by atoms with Gasteiger partial charge in [-0.05, 0) is 35.7 Å². The summed E-state index contributed by atoms with van der Waals surface area (Å²) in [6, 6.07) is 25.3. The second kappa shape index (κ2) is 19.5. The van der Waals surface area contributed by atoms with Gasteiger partial charge < -0.3 is 0 Å². The Morgan fingerprint density at radius 3 is 1.29 bits per heavy atom. The molecule has 4 aromatic carbocycles. The number of hydrogen-bond acceptors (Lipinski definition) is 6. The Bertz CT molecular complexity index is 1550. The number of unbranched alkanes of at least 4 members (excludes halogenated alkanes) is 5. The van der Waals surface area contributed by atoms with E-state index >= 15 is 0 Å². The van der Waals surface area contributed by atoms with Gasteiger partial charge in [-0.15, -0.1) is 0 Å². The first kappa shape index (κ1) is 38.2. The molecular weight excluding hydrogens is 578 g/mol. The second-order valence-corrected chi connectivity index (χ2v) is 12.4. The molecule has 0 N–H and O–H groups in total. The van der Waals surface area contributed by atoms with E-state index in [-0.39, 0.29) is 82.1 Å². The minimum atomic E-state index is -3.67. The number of hydrogen-bond donors (Lipinski definition) is 0. The topological polar surface area (TPSA) is 86.7 Å². The Kier molecular flexibility index (Phi) is 18.2. The summed E-state index contributed by atoms with van der Waals surface area (Å²) < 4.78 is 59.1. The first-order valence-corrected chi connectivity index (χ1v) is 16.4. The second-order valence-electron chi connectivity index (χ2n) is 9.27. The van der Waals surface area contributed by atoms with Gasteiger partial charge in [0.1, 0.15) is 9.79 Å². The number of fused-ring (bicyclic) bond motifs is 2. The van der Waals surface area contributed by atoms with Crippen molar-refractivity contribution in [3.8, 4) is 0 Å². The molecule has 4 rings (SSSR count). The fraction of sp³-hybridized carbons (Fsp3) is 0.355. The molecule has 0 heterocycles. The molecule has 0 amide bonds. The quantitative estimate of drug-likeness (QED) is 0.0905. The van der Waals surface area contributed by atoms with Crippen LogP contribution < -0.4 is 0 Å². The minimum Gasteiger partial charge on any atom is -0.266 e. The van der Waals surface area contributed by atoms with E-state index in [0.717, 1.165) is 55.7 Å². The smallest absolute Gasteiger partial charge is 0.266 e.